The second-order valence-corrected chi connectivity index (χ2v) is 7.01. The number of pyridine rings is 2. The van der Waals surface area contributed by atoms with Crippen molar-refractivity contribution in [3.63, 3.8) is 0 Å². The van der Waals surface area contributed by atoms with E-state index in [1.807, 2.05) is 79.7 Å². The molecule has 0 bridgehead atoms. The third kappa shape index (κ3) is 6.31. The molecule has 2 aromatic heterocycles. The van der Waals surface area contributed by atoms with E-state index in [2.05, 4.69) is 58.5 Å². The van der Waals surface area contributed by atoms with Gasteiger partial charge in [-0.15, -0.1) is 71.3 Å². The molecule has 159 valence electrons. The van der Waals surface area contributed by atoms with Crippen LogP contribution in [0.4, 0.5) is 0 Å². The van der Waals surface area contributed by atoms with E-state index >= 15 is 0 Å². The van der Waals surface area contributed by atoms with Gasteiger partial charge < -0.3 is 9.97 Å². The van der Waals surface area contributed by atoms with Gasteiger partial charge in [-0.3, -0.25) is 0 Å². The predicted molar refractivity (Wildman–Crippen MR) is 127 cm³/mol. The molecule has 2 nitrogen and oxygen atoms in total. The molecule has 0 saturated heterocycles. The van der Waals surface area contributed by atoms with Gasteiger partial charge in [-0.25, -0.2) is 0 Å². The van der Waals surface area contributed by atoms with Crippen molar-refractivity contribution in [1.82, 2.24) is 9.97 Å². The average Bonchev–Trinajstić information content (AvgIpc) is 2.86. The molecule has 3 heteroatoms. The zero-order chi connectivity index (χ0) is 21.3. The molecule has 1 radical (unpaired) electrons. The maximum Gasteiger partial charge on any atom is 0.0266 e. The van der Waals surface area contributed by atoms with Crippen molar-refractivity contribution in [2.75, 3.05) is 0 Å². The van der Waals surface area contributed by atoms with Gasteiger partial charge in [0.1, 0.15) is 0 Å². The van der Waals surface area contributed by atoms with Crippen LogP contribution in [0.5, 0.6) is 0 Å². The molecule has 0 spiro atoms. The van der Waals surface area contributed by atoms with E-state index < -0.39 is 0 Å². The number of benzene rings is 3. The fraction of sp³-hybridized carbons (Fsp3) is 0.0345. The van der Waals surface area contributed by atoms with Gasteiger partial charge in [0.25, 0.3) is 0 Å². The second-order valence-electron chi connectivity index (χ2n) is 7.01. The van der Waals surface area contributed by atoms with Crippen LogP contribution in [0.3, 0.4) is 0 Å². The van der Waals surface area contributed by atoms with Crippen molar-refractivity contribution in [2.45, 2.75) is 6.92 Å². The van der Waals surface area contributed by atoms with Crippen LogP contribution in [0.1, 0.15) is 5.69 Å². The van der Waals surface area contributed by atoms with E-state index in [1.165, 1.54) is 11.1 Å². The molecule has 0 aliphatic rings. The number of aromatic nitrogens is 2. The molecular formula is C29H22IrN2-2. The summed E-state index contributed by atoms with van der Waals surface area (Å²) >= 11 is 0. The normalized spacial score (nSPS) is 9.78. The van der Waals surface area contributed by atoms with E-state index in [0.717, 1.165) is 28.2 Å². The molecule has 5 aromatic rings. The fourth-order valence-electron chi connectivity index (χ4n) is 3.19. The fourth-order valence-corrected chi connectivity index (χ4v) is 3.19. The third-order valence-electron chi connectivity index (χ3n) is 4.72. The van der Waals surface area contributed by atoms with Gasteiger partial charge in [-0.2, -0.15) is 0 Å². The first-order valence-corrected chi connectivity index (χ1v) is 10.2. The number of nitrogens with zero attached hydrogens (tertiary/aromatic N) is 2. The summed E-state index contributed by atoms with van der Waals surface area (Å²) in [7, 11) is 0. The zero-order valence-corrected chi connectivity index (χ0v) is 20.1. The average molecular weight is 591 g/mol. The molecule has 0 aliphatic heterocycles. The summed E-state index contributed by atoms with van der Waals surface area (Å²) in [5.74, 6) is 0. The molecule has 32 heavy (non-hydrogen) atoms. The maximum atomic E-state index is 4.55. The van der Waals surface area contributed by atoms with Crippen LogP contribution in [0.25, 0.3) is 33.6 Å². The predicted octanol–water partition coefficient (Wildman–Crippen LogP) is 7.07. The van der Waals surface area contributed by atoms with Crippen molar-refractivity contribution in [3.8, 4) is 33.6 Å². The Morgan fingerprint density at radius 2 is 1.34 bits per heavy atom. The zero-order valence-electron chi connectivity index (χ0n) is 17.7. The Morgan fingerprint density at radius 1 is 0.594 bits per heavy atom. The van der Waals surface area contributed by atoms with Crippen LogP contribution in [0, 0.1) is 19.1 Å². The van der Waals surface area contributed by atoms with Crippen molar-refractivity contribution >= 4 is 0 Å². The monoisotopic (exact) mass is 591 g/mol. The first-order valence-electron chi connectivity index (χ1n) is 10.2. The molecule has 0 atom stereocenters. The number of hydrogen-bond donors (Lipinski definition) is 0. The number of aryl methyl sites for hydroxylation is 1. The Hall–Kier alpha value is -3.39. The van der Waals surface area contributed by atoms with Crippen LogP contribution < -0.4 is 0 Å². The van der Waals surface area contributed by atoms with E-state index in [-0.39, 0.29) is 20.1 Å². The van der Waals surface area contributed by atoms with Gasteiger partial charge in [0.05, 0.1) is 0 Å². The summed E-state index contributed by atoms with van der Waals surface area (Å²) < 4.78 is 0. The first kappa shape index (κ1) is 23.3. The molecule has 2 heterocycles. The second kappa shape index (κ2) is 11.9. The van der Waals surface area contributed by atoms with Crippen LogP contribution >= 0.6 is 0 Å². The summed E-state index contributed by atoms with van der Waals surface area (Å²) in [5, 5.41) is 0. The quantitative estimate of drug-likeness (QED) is 0.210. The Labute approximate surface area is 203 Å². The maximum absolute atomic E-state index is 4.55. The Balaban J connectivity index is 0.000000193. The summed E-state index contributed by atoms with van der Waals surface area (Å²) in [6.07, 6.45) is 1.79. The molecule has 0 N–H and O–H groups in total. The Morgan fingerprint density at radius 3 is 2.06 bits per heavy atom. The topological polar surface area (TPSA) is 25.8 Å². The first-order chi connectivity index (χ1) is 15.3. The number of hydrogen-bond acceptors (Lipinski definition) is 2. The minimum atomic E-state index is 0. The van der Waals surface area contributed by atoms with Crippen molar-refractivity contribution < 1.29 is 20.1 Å². The number of rotatable bonds is 3. The van der Waals surface area contributed by atoms with Gasteiger partial charge in [-0.1, -0.05) is 54.6 Å². The SMILES string of the molecule is Cc1cccc(-c2[c-]ccc(-c3ccccc3)c2)n1.[Ir].[c-]1ccccc1-c1ccccn1. The molecule has 5 rings (SSSR count). The van der Waals surface area contributed by atoms with Gasteiger partial charge >= 0.3 is 0 Å². The standard InChI is InChI=1S/C18H14N.C11H8N.Ir/c1-14-7-5-12-18(19-14)17-11-6-10-16(13-17)15-8-3-2-4-9-15;1-2-6-10(7-3-1)11-8-4-5-9-12-11;/h2-10,12-13H,1H3;1-6,8-9H;/q2*-1;. The molecule has 0 saturated carbocycles. The smallest absolute Gasteiger partial charge is 0.0266 e. The van der Waals surface area contributed by atoms with Crippen LogP contribution in [0.15, 0.2) is 115 Å². The van der Waals surface area contributed by atoms with Gasteiger partial charge in [0, 0.05) is 32.0 Å². The van der Waals surface area contributed by atoms with E-state index in [1.54, 1.807) is 6.20 Å². The van der Waals surface area contributed by atoms with Crippen LogP contribution in [0.2, 0.25) is 0 Å². The summed E-state index contributed by atoms with van der Waals surface area (Å²) in [5.41, 5.74) is 7.44. The van der Waals surface area contributed by atoms with E-state index in [9.17, 15) is 0 Å². The Kier molecular flexibility index (Phi) is 8.62. The molecule has 3 aromatic carbocycles. The molecular weight excluding hydrogens is 569 g/mol. The minimum absolute atomic E-state index is 0. The van der Waals surface area contributed by atoms with Gasteiger partial charge in [-0.05, 0) is 36.0 Å². The van der Waals surface area contributed by atoms with Crippen molar-refractivity contribution in [2.24, 2.45) is 0 Å². The van der Waals surface area contributed by atoms with E-state index in [0.29, 0.717) is 0 Å². The molecule has 0 aliphatic carbocycles. The van der Waals surface area contributed by atoms with Crippen molar-refractivity contribution in [1.29, 1.82) is 0 Å². The molecule has 0 unspecified atom stereocenters. The Bertz CT molecular complexity index is 1190. The molecule has 0 fully saturated rings. The van der Waals surface area contributed by atoms with Gasteiger partial charge in [0.15, 0.2) is 0 Å². The largest absolute Gasteiger partial charge is 0.305 e. The molecule has 0 amide bonds. The summed E-state index contributed by atoms with van der Waals surface area (Å²) in [6.45, 7) is 2.00. The third-order valence-corrected chi connectivity index (χ3v) is 4.72. The van der Waals surface area contributed by atoms with Crippen molar-refractivity contribution in [3.05, 3.63) is 133 Å². The minimum Gasteiger partial charge on any atom is -0.305 e. The van der Waals surface area contributed by atoms with Crippen LogP contribution in [-0.2, 0) is 20.1 Å². The summed E-state index contributed by atoms with van der Waals surface area (Å²) in [4.78, 5) is 8.76. The van der Waals surface area contributed by atoms with E-state index in [4.69, 9.17) is 0 Å². The van der Waals surface area contributed by atoms with Crippen LogP contribution in [-0.4, -0.2) is 9.97 Å². The summed E-state index contributed by atoms with van der Waals surface area (Å²) in [6, 6.07) is 42.7. The van der Waals surface area contributed by atoms with Gasteiger partial charge in [0.2, 0.25) is 0 Å².